The Labute approximate surface area is 200 Å². The summed E-state index contributed by atoms with van der Waals surface area (Å²) in [6, 6.07) is 14.1. The van der Waals surface area contributed by atoms with Gasteiger partial charge in [0.05, 0.1) is 22.3 Å². The second-order valence-corrected chi connectivity index (χ2v) is 10.3. The molecule has 2 unspecified atom stereocenters. The zero-order chi connectivity index (χ0) is 23.5. The molecule has 1 aromatic heterocycles. The number of carbonyl (C=O) groups is 1. The van der Waals surface area contributed by atoms with E-state index in [1.807, 2.05) is 47.9 Å². The summed E-state index contributed by atoms with van der Waals surface area (Å²) in [6.45, 7) is 2.88. The molecule has 174 valence electrons. The number of carboxylic acids is 1. The number of aromatic carboxylic acids is 1. The SMILES string of the molecule is CCCCC1CN(c2ccccc2)c2cc(SC)c(-c3ncc(C(=O)O)o3)cc2S(=O)N1C. The molecule has 7 nitrogen and oxygen atoms in total. The van der Waals surface area contributed by atoms with Crippen molar-refractivity contribution in [3.8, 4) is 11.5 Å². The Bertz CT molecular complexity index is 1170. The monoisotopic (exact) mass is 485 g/mol. The number of fused-ring (bicyclic) bond motifs is 1. The van der Waals surface area contributed by atoms with Crippen molar-refractivity contribution in [1.29, 1.82) is 0 Å². The summed E-state index contributed by atoms with van der Waals surface area (Å²) in [5.74, 6) is -1.19. The smallest absolute Gasteiger partial charge is 0.373 e. The lowest BCUT2D eigenvalue weighted by Crippen LogP contribution is -2.38. The zero-order valence-electron chi connectivity index (χ0n) is 18.9. The van der Waals surface area contributed by atoms with Gasteiger partial charge >= 0.3 is 5.97 Å². The summed E-state index contributed by atoms with van der Waals surface area (Å²) in [4.78, 5) is 19.2. The molecule has 1 aliphatic heterocycles. The topological polar surface area (TPSA) is 86.9 Å². The Hall–Kier alpha value is -2.62. The van der Waals surface area contributed by atoms with E-state index in [-0.39, 0.29) is 17.7 Å². The van der Waals surface area contributed by atoms with Crippen LogP contribution in [-0.2, 0) is 11.0 Å². The number of unbranched alkanes of at least 4 members (excludes halogenated alkanes) is 1. The highest BCUT2D eigenvalue weighted by Crippen LogP contribution is 2.42. The molecule has 0 amide bonds. The number of likely N-dealkylation sites (N-methyl/N-ethyl adjacent to an activating group) is 1. The van der Waals surface area contributed by atoms with E-state index in [4.69, 9.17) is 4.42 Å². The number of para-hydroxylation sites is 1. The van der Waals surface area contributed by atoms with Crippen molar-refractivity contribution < 1.29 is 18.5 Å². The zero-order valence-corrected chi connectivity index (χ0v) is 20.5. The first-order valence-electron chi connectivity index (χ1n) is 10.8. The van der Waals surface area contributed by atoms with Gasteiger partial charge in [0, 0.05) is 30.2 Å². The third-order valence-electron chi connectivity index (χ3n) is 5.83. The highest BCUT2D eigenvalue weighted by atomic mass is 32.2. The summed E-state index contributed by atoms with van der Waals surface area (Å²) in [5, 5.41) is 9.24. The summed E-state index contributed by atoms with van der Waals surface area (Å²) < 4.78 is 21.2. The third kappa shape index (κ3) is 4.71. The summed E-state index contributed by atoms with van der Waals surface area (Å²) in [7, 11) is 0.502. The molecule has 1 N–H and O–H groups in total. The quantitative estimate of drug-likeness (QED) is 0.447. The van der Waals surface area contributed by atoms with Gasteiger partial charge in [0.2, 0.25) is 11.7 Å². The molecule has 9 heteroatoms. The van der Waals surface area contributed by atoms with E-state index in [1.165, 1.54) is 18.0 Å². The largest absolute Gasteiger partial charge is 0.475 e. The Kier molecular flexibility index (Phi) is 7.21. The lowest BCUT2D eigenvalue weighted by atomic mass is 10.1. The van der Waals surface area contributed by atoms with Gasteiger partial charge in [0.1, 0.15) is 11.0 Å². The van der Waals surface area contributed by atoms with E-state index in [0.717, 1.165) is 35.5 Å². The molecule has 3 aromatic rings. The first kappa shape index (κ1) is 23.5. The maximum atomic E-state index is 13.7. The Balaban J connectivity index is 1.89. The molecule has 2 atom stereocenters. The number of nitrogens with zero attached hydrogens (tertiary/aromatic N) is 3. The molecule has 0 saturated carbocycles. The Morgan fingerprint density at radius 1 is 1.30 bits per heavy atom. The number of carboxylic acid groups (broad SMARTS) is 1. The van der Waals surface area contributed by atoms with Gasteiger partial charge in [-0.25, -0.2) is 18.3 Å². The molecule has 0 radical (unpaired) electrons. The van der Waals surface area contributed by atoms with E-state index in [0.29, 0.717) is 17.0 Å². The fourth-order valence-corrected chi connectivity index (χ4v) is 5.93. The van der Waals surface area contributed by atoms with Gasteiger partial charge in [-0.1, -0.05) is 38.0 Å². The molecule has 2 heterocycles. The minimum Gasteiger partial charge on any atom is -0.475 e. The number of oxazole rings is 1. The van der Waals surface area contributed by atoms with Crippen LogP contribution in [0.25, 0.3) is 11.5 Å². The number of benzene rings is 2. The van der Waals surface area contributed by atoms with Crippen LogP contribution in [0.15, 0.2) is 62.9 Å². The predicted octanol–water partition coefficient (Wildman–Crippen LogP) is 5.43. The average molecular weight is 486 g/mol. The van der Waals surface area contributed by atoms with Crippen LogP contribution in [0.2, 0.25) is 0 Å². The maximum absolute atomic E-state index is 13.7. The van der Waals surface area contributed by atoms with Gasteiger partial charge in [-0.15, -0.1) is 11.8 Å². The van der Waals surface area contributed by atoms with Crippen molar-refractivity contribution in [3.05, 3.63) is 54.4 Å². The molecular formula is C24H27N3O4S2. The third-order valence-corrected chi connectivity index (χ3v) is 8.14. The van der Waals surface area contributed by atoms with Crippen LogP contribution in [-0.4, -0.2) is 50.5 Å². The van der Waals surface area contributed by atoms with E-state index >= 15 is 0 Å². The summed E-state index contributed by atoms with van der Waals surface area (Å²) >= 11 is 1.51. The van der Waals surface area contributed by atoms with Crippen LogP contribution in [0.5, 0.6) is 0 Å². The second kappa shape index (κ2) is 10.1. The number of thioether (sulfide) groups is 1. The van der Waals surface area contributed by atoms with E-state index in [2.05, 4.69) is 28.9 Å². The minimum absolute atomic E-state index is 0.111. The van der Waals surface area contributed by atoms with Crippen molar-refractivity contribution >= 4 is 40.1 Å². The number of hydrogen-bond acceptors (Lipinski definition) is 6. The van der Waals surface area contributed by atoms with Crippen molar-refractivity contribution in [3.63, 3.8) is 0 Å². The number of aromatic nitrogens is 1. The standard InChI is InChI=1S/C24H27N3O4S2/c1-4-5-9-17-15-27(16-10-7-6-8-11-16)19-13-21(32-3)18(12-22(19)33(30)26(17)2)23-25-14-20(31-23)24(28)29/h6-8,10-14,17H,4-5,9,15H2,1-3H3,(H,28,29). The van der Waals surface area contributed by atoms with Crippen LogP contribution >= 0.6 is 11.8 Å². The highest BCUT2D eigenvalue weighted by Gasteiger charge is 2.33. The normalized spacial score (nSPS) is 18.7. The van der Waals surface area contributed by atoms with E-state index in [9.17, 15) is 14.1 Å². The predicted molar refractivity (Wildman–Crippen MR) is 132 cm³/mol. The van der Waals surface area contributed by atoms with E-state index in [1.54, 1.807) is 0 Å². The second-order valence-electron chi connectivity index (χ2n) is 7.89. The van der Waals surface area contributed by atoms with Crippen LogP contribution in [0.3, 0.4) is 0 Å². The molecular weight excluding hydrogens is 458 g/mol. The number of rotatable bonds is 7. The highest BCUT2D eigenvalue weighted by molar-refractivity contribution is 7.98. The van der Waals surface area contributed by atoms with Gasteiger partial charge in [-0.3, -0.25) is 0 Å². The fourth-order valence-electron chi connectivity index (χ4n) is 4.01. The lowest BCUT2D eigenvalue weighted by molar-refractivity contribution is 0.0663. The van der Waals surface area contributed by atoms with Gasteiger partial charge in [0.25, 0.3) is 0 Å². The molecule has 33 heavy (non-hydrogen) atoms. The van der Waals surface area contributed by atoms with Gasteiger partial charge in [-0.2, -0.15) is 0 Å². The first-order valence-corrected chi connectivity index (χ1v) is 13.2. The lowest BCUT2D eigenvalue weighted by Gasteiger charge is -2.29. The van der Waals surface area contributed by atoms with Crippen molar-refractivity contribution in [2.24, 2.45) is 0 Å². The van der Waals surface area contributed by atoms with Crippen molar-refractivity contribution in [2.45, 2.75) is 42.0 Å². The van der Waals surface area contributed by atoms with Crippen LogP contribution < -0.4 is 4.90 Å². The molecule has 0 saturated heterocycles. The number of hydrogen-bond donors (Lipinski definition) is 1. The van der Waals surface area contributed by atoms with Gasteiger partial charge in [-0.05, 0) is 36.9 Å². The first-order chi connectivity index (χ1) is 15.9. The number of anilines is 2. The van der Waals surface area contributed by atoms with Crippen LogP contribution in [0.4, 0.5) is 11.4 Å². The molecule has 0 aliphatic carbocycles. The Morgan fingerprint density at radius 3 is 2.70 bits per heavy atom. The Morgan fingerprint density at radius 2 is 2.06 bits per heavy atom. The van der Waals surface area contributed by atoms with E-state index < -0.39 is 17.0 Å². The van der Waals surface area contributed by atoms with Crippen LogP contribution in [0, 0.1) is 0 Å². The fraction of sp³-hybridized carbons (Fsp3) is 0.333. The molecule has 0 bridgehead atoms. The van der Waals surface area contributed by atoms with Crippen molar-refractivity contribution in [2.75, 3.05) is 24.7 Å². The molecule has 2 aromatic carbocycles. The summed E-state index contributed by atoms with van der Waals surface area (Å²) in [6.07, 6.45) is 6.23. The van der Waals surface area contributed by atoms with Crippen LogP contribution in [0.1, 0.15) is 36.7 Å². The maximum Gasteiger partial charge on any atom is 0.373 e. The summed E-state index contributed by atoms with van der Waals surface area (Å²) in [5.41, 5.74) is 2.55. The van der Waals surface area contributed by atoms with Crippen molar-refractivity contribution in [1.82, 2.24) is 9.29 Å². The molecule has 0 fully saturated rings. The average Bonchev–Trinajstić information content (AvgIpc) is 3.30. The van der Waals surface area contributed by atoms with Gasteiger partial charge < -0.3 is 14.4 Å². The molecule has 1 aliphatic rings. The minimum atomic E-state index is -1.40. The molecule has 4 rings (SSSR count). The molecule has 0 spiro atoms. The van der Waals surface area contributed by atoms with Gasteiger partial charge in [0.15, 0.2) is 0 Å².